The van der Waals surface area contributed by atoms with Crippen LogP contribution in [0.1, 0.15) is 36.8 Å². The number of aliphatic carboxylic acids is 1. The van der Waals surface area contributed by atoms with Crippen molar-refractivity contribution in [2.75, 3.05) is 13.1 Å². The van der Waals surface area contributed by atoms with Crippen LogP contribution in [0.5, 0.6) is 0 Å². The van der Waals surface area contributed by atoms with E-state index in [2.05, 4.69) is 26.9 Å². The maximum Gasteiger partial charge on any atom is 0.314 e. The number of carboxylic acid groups (broad SMARTS) is 1. The highest BCUT2D eigenvalue weighted by molar-refractivity contribution is 9.10. The van der Waals surface area contributed by atoms with Gasteiger partial charge in [-0.25, -0.2) is 0 Å². The van der Waals surface area contributed by atoms with E-state index in [1.165, 1.54) is 31.5 Å². The summed E-state index contributed by atoms with van der Waals surface area (Å²) in [5.41, 5.74) is 1.60. The molecule has 0 spiro atoms. The molecule has 2 aliphatic rings. The standard InChI is InChI=1S/C15H18BrNO2/c16-13-9-12(15(5-6-15)14(18)19)4-3-11(13)10-17-7-1-2-8-17/h3-4,9H,1-2,5-8,10H2,(H,18,19). The molecule has 0 unspecified atom stereocenters. The molecule has 1 aromatic rings. The van der Waals surface area contributed by atoms with Crippen LogP contribution in [-0.4, -0.2) is 29.1 Å². The van der Waals surface area contributed by atoms with E-state index in [1.54, 1.807) is 0 Å². The SMILES string of the molecule is O=C(O)C1(c2ccc(CN3CCCC3)c(Br)c2)CC1. The molecule has 1 heterocycles. The topological polar surface area (TPSA) is 40.5 Å². The number of halogens is 1. The van der Waals surface area contributed by atoms with Crippen LogP contribution in [0.25, 0.3) is 0 Å². The summed E-state index contributed by atoms with van der Waals surface area (Å²) in [6.45, 7) is 3.31. The highest BCUT2D eigenvalue weighted by atomic mass is 79.9. The van der Waals surface area contributed by atoms with Gasteiger partial charge in [-0.3, -0.25) is 9.69 Å². The van der Waals surface area contributed by atoms with Crippen molar-refractivity contribution in [3.8, 4) is 0 Å². The summed E-state index contributed by atoms with van der Waals surface area (Å²) in [6.07, 6.45) is 4.11. The molecule has 0 aromatic heterocycles. The number of rotatable bonds is 4. The average Bonchev–Trinajstić information content (AvgIpc) is 3.05. The summed E-state index contributed by atoms with van der Waals surface area (Å²) < 4.78 is 1.05. The predicted octanol–water partition coefficient (Wildman–Crippen LogP) is 3.16. The van der Waals surface area contributed by atoms with Crippen LogP contribution in [0.4, 0.5) is 0 Å². The Kier molecular flexibility index (Phi) is 3.39. The minimum Gasteiger partial charge on any atom is -0.481 e. The Bertz CT molecular complexity index is 505. The van der Waals surface area contributed by atoms with Gasteiger partial charge in [0.05, 0.1) is 5.41 Å². The largest absolute Gasteiger partial charge is 0.481 e. The van der Waals surface area contributed by atoms with E-state index in [-0.39, 0.29) is 0 Å². The van der Waals surface area contributed by atoms with Gasteiger partial charge < -0.3 is 5.11 Å². The van der Waals surface area contributed by atoms with Crippen LogP contribution < -0.4 is 0 Å². The molecule has 1 aliphatic heterocycles. The molecule has 1 saturated carbocycles. The van der Waals surface area contributed by atoms with E-state index < -0.39 is 11.4 Å². The predicted molar refractivity (Wildman–Crippen MR) is 77.2 cm³/mol. The van der Waals surface area contributed by atoms with Crippen molar-refractivity contribution in [2.24, 2.45) is 0 Å². The molecule has 4 heteroatoms. The first-order valence-corrected chi connectivity index (χ1v) is 7.66. The van der Waals surface area contributed by atoms with E-state index in [9.17, 15) is 9.90 Å². The molecule has 1 aliphatic carbocycles. The number of hydrogen-bond acceptors (Lipinski definition) is 2. The normalized spacial score (nSPS) is 21.5. The smallest absolute Gasteiger partial charge is 0.314 e. The van der Waals surface area contributed by atoms with Gasteiger partial charge in [-0.15, -0.1) is 0 Å². The van der Waals surface area contributed by atoms with Gasteiger partial charge in [-0.2, -0.15) is 0 Å². The number of carbonyl (C=O) groups is 1. The molecule has 0 bridgehead atoms. The fourth-order valence-electron chi connectivity index (χ4n) is 2.91. The van der Waals surface area contributed by atoms with Crippen molar-refractivity contribution in [3.05, 3.63) is 33.8 Å². The molecule has 1 saturated heterocycles. The number of hydrogen-bond donors (Lipinski definition) is 1. The van der Waals surface area contributed by atoms with Gasteiger partial charge in [0.15, 0.2) is 0 Å². The van der Waals surface area contributed by atoms with Crippen LogP contribution in [-0.2, 0) is 16.8 Å². The van der Waals surface area contributed by atoms with E-state index in [1.807, 2.05) is 12.1 Å². The highest BCUT2D eigenvalue weighted by Gasteiger charge is 2.51. The Morgan fingerprint density at radius 1 is 1.32 bits per heavy atom. The molecule has 0 radical (unpaired) electrons. The lowest BCUT2D eigenvalue weighted by Gasteiger charge is -2.17. The van der Waals surface area contributed by atoms with Crippen molar-refractivity contribution >= 4 is 21.9 Å². The molecule has 3 rings (SSSR count). The van der Waals surface area contributed by atoms with Gasteiger partial charge in [-0.05, 0) is 56.0 Å². The number of nitrogens with zero attached hydrogens (tertiary/aromatic N) is 1. The Morgan fingerprint density at radius 2 is 2.00 bits per heavy atom. The molecule has 1 N–H and O–H groups in total. The third-order valence-electron chi connectivity index (χ3n) is 4.36. The Morgan fingerprint density at radius 3 is 2.53 bits per heavy atom. The first-order valence-electron chi connectivity index (χ1n) is 6.86. The summed E-state index contributed by atoms with van der Waals surface area (Å²) in [7, 11) is 0. The van der Waals surface area contributed by atoms with E-state index in [0.29, 0.717) is 0 Å². The summed E-state index contributed by atoms with van der Waals surface area (Å²) in [5, 5.41) is 9.32. The first-order chi connectivity index (χ1) is 9.12. The monoisotopic (exact) mass is 323 g/mol. The molecule has 19 heavy (non-hydrogen) atoms. The molecule has 2 fully saturated rings. The van der Waals surface area contributed by atoms with Crippen molar-refractivity contribution < 1.29 is 9.90 Å². The maximum atomic E-state index is 11.3. The van der Waals surface area contributed by atoms with Gasteiger partial charge in [0.2, 0.25) is 0 Å². The fourth-order valence-corrected chi connectivity index (χ4v) is 3.41. The first kappa shape index (κ1) is 13.1. The molecule has 0 atom stereocenters. The van der Waals surface area contributed by atoms with Crippen LogP contribution in [0.2, 0.25) is 0 Å². The van der Waals surface area contributed by atoms with Gasteiger partial charge in [0.25, 0.3) is 0 Å². The molecule has 1 aromatic carbocycles. The molecule has 102 valence electrons. The third-order valence-corrected chi connectivity index (χ3v) is 5.10. The van der Waals surface area contributed by atoms with Gasteiger partial charge in [-0.1, -0.05) is 28.1 Å². The number of likely N-dealkylation sites (tertiary alicyclic amines) is 1. The average molecular weight is 324 g/mol. The molecular formula is C15H18BrNO2. The lowest BCUT2D eigenvalue weighted by molar-refractivity contribution is -0.140. The second-order valence-electron chi connectivity index (χ2n) is 5.68. The van der Waals surface area contributed by atoms with Crippen molar-refractivity contribution in [1.82, 2.24) is 4.90 Å². The highest BCUT2D eigenvalue weighted by Crippen LogP contribution is 2.49. The lowest BCUT2D eigenvalue weighted by atomic mass is 9.95. The molecule has 3 nitrogen and oxygen atoms in total. The minimum absolute atomic E-state index is 0.602. The fraction of sp³-hybridized carbons (Fsp3) is 0.533. The number of carboxylic acids is 1. The van der Waals surface area contributed by atoms with Crippen molar-refractivity contribution in [3.63, 3.8) is 0 Å². The second kappa shape index (κ2) is 4.91. The van der Waals surface area contributed by atoms with Crippen LogP contribution in [0.15, 0.2) is 22.7 Å². The Balaban J connectivity index is 1.80. The van der Waals surface area contributed by atoms with Gasteiger partial charge >= 0.3 is 5.97 Å². The quantitative estimate of drug-likeness (QED) is 0.925. The third kappa shape index (κ3) is 2.43. The zero-order chi connectivity index (χ0) is 13.5. The van der Waals surface area contributed by atoms with Gasteiger partial charge in [0.1, 0.15) is 0 Å². The summed E-state index contributed by atoms with van der Waals surface area (Å²) in [5.74, 6) is -0.688. The Hall–Kier alpha value is -0.870. The zero-order valence-electron chi connectivity index (χ0n) is 10.9. The van der Waals surface area contributed by atoms with E-state index >= 15 is 0 Å². The molecule has 0 amide bonds. The van der Waals surface area contributed by atoms with Gasteiger partial charge in [0, 0.05) is 11.0 Å². The number of benzene rings is 1. The maximum absolute atomic E-state index is 11.3. The van der Waals surface area contributed by atoms with Crippen LogP contribution in [0, 0.1) is 0 Å². The van der Waals surface area contributed by atoms with E-state index in [4.69, 9.17) is 0 Å². The van der Waals surface area contributed by atoms with E-state index in [0.717, 1.165) is 29.4 Å². The summed E-state index contributed by atoms with van der Waals surface area (Å²) in [6, 6.07) is 6.09. The molecular weight excluding hydrogens is 306 g/mol. The lowest BCUT2D eigenvalue weighted by Crippen LogP contribution is -2.21. The summed E-state index contributed by atoms with van der Waals surface area (Å²) >= 11 is 3.60. The zero-order valence-corrected chi connectivity index (χ0v) is 12.4. The Labute approximate surface area is 121 Å². The second-order valence-corrected chi connectivity index (χ2v) is 6.53. The van der Waals surface area contributed by atoms with Crippen molar-refractivity contribution in [1.29, 1.82) is 0 Å². The summed E-state index contributed by atoms with van der Waals surface area (Å²) in [4.78, 5) is 13.8. The van der Waals surface area contributed by atoms with Crippen LogP contribution in [0.3, 0.4) is 0 Å². The van der Waals surface area contributed by atoms with Crippen molar-refractivity contribution in [2.45, 2.75) is 37.6 Å². The minimum atomic E-state index is -0.688. The van der Waals surface area contributed by atoms with Crippen LogP contribution >= 0.6 is 15.9 Å².